The van der Waals surface area contributed by atoms with E-state index in [0.717, 1.165) is 51.4 Å². The van der Waals surface area contributed by atoms with Crippen molar-refractivity contribution in [3.8, 4) is 5.75 Å². The summed E-state index contributed by atoms with van der Waals surface area (Å²) in [5, 5.41) is 0. The van der Waals surface area contributed by atoms with Gasteiger partial charge in [0, 0.05) is 39.1 Å². The van der Waals surface area contributed by atoms with E-state index < -0.39 is 0 Å². The molecule has 126 valence electrons. The summed E-state index contributed by atoms with van der Waals surface area (Å²) in [5.74, 6) is 1.09. The molecule has 2 aliphatic heterocycles. The molecule has 0 radical (unpaired) electrons. The molecule has 2 fully saturated rings. The maximum atomic E-state index is 11.5. The number of para-hydroxylation sites is 1. The lowest BCUT2D eigenvalue weighted by atomic mass is 10.0. The van der Waals surface area contributed by atoms with Gasteiger partial charge in [0.2, 0.25) is 5.91 Å². The van der Waals surface area contributed by atoms with Crippen LogP contribution >= 0.6 is 0 Å². The van der Waals surface area contributed by atoms with E-state index in [0.29, 0.717) is 12.6 Å². The molecule has 0 saturated carbocycles. The average Bonchev–Trinajstić information content (AvgIpc) is 2.81. The maximum Gasteiger partial charge on any atom is 0.219 e. The number of hydrogen-bond acceptors (Lipinski definition) is 4. The first-order valence-corrected chi connectivity index (χ1v) is 8.51. The van der Waals surface area contributed by atoms with E-state index in [1.807, 2.05) is 35.2 Å². The number of rotatable bonds is 3. The van der Waals surface area contributed by atoms with Crippen molar-refractivity contribution in [2.24, 2.45) is 0 Å². The quantitative estimate of drug-likeness (QED) is 0.852. The maximum absolute atomic E-state index is 11.5. The van der Waals surface area contributed by atoms with E-state index in [2.05, 4.69) is 4.90 Å². The molecule has 2 saturated heterocycles. The van der Waals surface area contributed by atoms with Crippen LogP contribution < -0.4 is 4.74 Å². The Hall–Kier alpha value is -1.59. The van der Waals surface area contributed by atoms with E-state index in [-0.39, 0.29) is 12.0 Å². The van der Waals surface area contributed by atoms with Gasteiger partial charge in [-0.05, 0) is 25.0 Å². The van der Waals surface area contributed by atoms with Gasteiger partial charge in [0.05, 0.1) is 13.2 Å². The molecule has 1 amide bonds. The van der Waals surface area contributed by atoms with Gasteiger partial charge in [-0.15, -0.1) is 0 Å². The lowest BCUT2D eigenvalue weighted by Crippen LogP contribution is -2.49. The van der Waals surface area contributed by atoms with Crippen LogP contribution in [0.3, 0.4) is 0 Å². The number of nitrogens with zero attached hydrogens (tertiary/aromatic N) is 2. The molecule has 23 heavy (non-hydrogen) atoms. The van der Waals surface area contributed by atoms with Crippen molar-refractivity contribution in [1.29, 1.82) is 0 Å². The Morgan fingerprint density at radius 2 is 1.91 bits per heavy atom. The van der Waals surface area contributed by atoms with Crippen molar-refractivity contribution < 1.29 is 14.3 Å². The minimum Gasteiger partial charge on any atom is -0.487 e. The highest BCUT2D eigenvalue weighted by Crippen LogP contribution is 2.20. The summed E-state index contributed by atoms with van der Waals surface area (Å²) in [6.45, 7) is 6.60. The van der Waals surface area contributed by atoms with Crippen LogP contribution in [0.15, 0.2) is 30.3 Å². The average molecular weight is 318 g/mol. The van der Waals surface area contributed by atoms with Crippen molar-refractivity contribution in [2.45, 2.75) is 31.9 Å². The second kappa shape index (κ2) is 7.79. The fourth-order valence-electron chi connectivity index (χ4n) is 3.44. The summed E-state index contributed by atoms with van der Waals surface area (Å²) in [7, 11) is 0. The molecule has 3 rings (SSSR count). The monoisotopic (exact) mass is 318 g/mol. The minimum atomic E-state index is 0.0609. The number of hydrogen-bond donors (Lipinski definition) is 0. The van der Waals surface area contributed by atoms with Crippen LogP contribution in [0, 0.1) is 0 Å². The van der Waals surface area contributed by atoms with Crippen molar-refractivity contribution in [3.05, 3.63) is 30.3 Å². The summed E-state index contributed by atoms with van der Waals surface area (Å²) < 4.78 is 11.8. The largest absolute Gasteiger partial charge is 0.487 e. The molecule has 5 nitrogen and oxygen atoms in total. The van der Waals surface area contributed by atoms with Gasteiger partial charge in [0.25, 0.3) is 0 Å². The number of likely N-dealkylation sites (tertiary alicyclic amines) is 1. The molecule has 0 unspecified atom stereocenters. The number of benzene rings is 1. The third-order valence-corrected chi connectivity index (χ3v) is 4.74. The second-order valence-corrected chi connectivity index (χ2v) is 6.36. The summed E-state index contributed by atoms with van der Waals surface area (Å²) in [5.41, 5.74) is 0. The summed E-state index contributed by atoms with van der Waals surface area (Å²) in [4.78, 5) is 15.9. The van der Waals surface area contributed by atoms with Gasteiger partial charge in [0.1, 0.15) is 11.9 Å². The Labute approximate surface area is 138 Å². The Bertz CT molecular complexity index is 500. The fraction of sp³-hybridized carbons (Fsp3) is 0.611. The van der Waals surface area contributed by atoms with Crippen molar-refractivity contribution in [1.82, 2.24) is 9.80 Å². The van der Waals surface area contributed by atoms with Gasteiger partial charge in [0.15, 0.2) is 0 Å². The molecule has 1 aromatic carbocycles. The van der Waals surface area contributed by atoms with Crippen LogP contribution in [0.2, 0.25) is 0 Å². The predicted octanol–water partition coefficient (Wildman–Crippen LogP) is 1.78. The predicted molar refractivity (Wildman–Crippen MR) is 88.5 cm³/mol. The first-order chi connectivity index (χ1) is 11.2. The van der Waals surface area contributed by atoms with Crippen molar-refractivity contribution in [3.63, 3.8) is 0 Å². The Morgan fingerprint density at radius 1 is 1.17 bits per heavy atom. The van der Waals surface area contributed by atoms with Gasteiger partial charge in [-0.2, -0.15) is 0 Å². The minimum absolute atomic E-state index is 0.0609. The number of piperidine rings is 1. The SMILES string of the molecule is CC(=O)N1CCC(N2CCOC[C@H](Oc3ccccc3)C2)CC1. The van der Waals surface area contributed by atoms with Crippen LogP contribution in [-0.2, 0) is 9.53 Å². The molecule has 1 atom stereocenters. The summed E-state index contributed by atoms with van der Waals surface area (Å²) in [6.07, 6.45) is 2.14. The normalized spacial score (nSPS) is 24.2. The van der Waals surface area contributed by atoms with E-state index in [9.17, 15) is 4.79 Å². The van der Waals surface area contributed by atoms with Gasteiger partial charge < -0.3 is 14.4 Å². The fourth-order valence-corrected chi connectivity index (χ4v) is 3.44. The zero-order chi connectivity index (χ0) is 16.1. The van der Waals surface area contributed by atoms with Crippen LogP contribution in [-0.4, -0.2) is 67.2 Å². The molecule has 0 aliphatic carbocycles. The summed E-state index contributed by atoms with van der Waals surface area (Å²) in [6, 6.07) is 10.5. The van der Waals surface area contributed by atoms with E-state index in [4.69, 9.17) is 9.47 Å². The highest BCUT2D eigenvalue weighted by atomic mass is 16.5. The molecule has 0 N–H and O–H groups in total. The number of ether oxygens (including phenoxy) is 2. The lowest BCUT2D eigenvalue weighted by Gasteiger charge is -2.38. The van der Waals surface area contributed by atoms with Crippen LogP contribution in [0.5, 0.6) is 5.75 Å². The zero-order valence-electron chi connectivity index (χ0n) is 13.8. The first kappa shape index (κ1) is 16.3. The first-order valence-electron chi connectivity index (χ1n) is 8.51. The molecule has 2 aliphatic rings. The third kappa shape index (κ3) is 4.45. The molecule has 5 heteroatoms. The van der Waals surface area contributed by atoms with E-state index in [1.54, 1.807) is 6.92 Å². The van der Waals surface area contributed by atoms with E-state index in [1.165, 1.54) is 0 Å². The Morgan fingerprint density at radius 3 is 2.61 bits per heavy atom. The third-order valence-electron chi connectivity index (χ3n) is 4.74. The molecule has 2 heterocycles. The van der Waals surface area contributed by atoms with Gasteiger partial charge in [-0.25, -0.2) is 0 Å². The van der Waals surface area contributed by atoms with Crippen LogP contribution in [0.1, 0.15) is 19.8 Å². The second-order valence-electron chi connectivity index (χ2n) is 6.36. The van der Waals surface area contributed by atoms with Crippen LogP contribution in [0.4, 0.5) is 0 Å². The highest BCUT2D eigenvalue weighted by Gasteiger charge is 2.29. The number of amides is 1. The number of carbonyl (C=O) groups excluding carboxylic acids is 1. The zero-order valence-corrected chi connectivity index (χ0v) is 13.8. The smallest absolute Gasteiger partial charge is 0.219 e. The van der Waals surface area contributed by atoms with Crippen molar-refractivity contribution >= 4 is 5.91 Å². The highest BCUT2D eigenvalue weighted by molar-refractivity contribution is 5.73. The van der Waals surface area contributed by atoms with Gasteiger partial charge in [-0.1, -0.05) is 18.2 Å². The van der Waals surface area contributed by atoms with Gasteiger partial charge in [-0.3, -0.25) is 9.69 Å². The number of carbonyl (C=O) groups is 1. The topological polar surface area (TPSA) is 42.0 Å². The molecular weight excluding hydrogens is 292 g/mol. The van der Waals surface area contributed by atoms with Crippen molar-refractivity contribution in [2.75, 3.05) is 39.4 Å². The molecule has 0 spiro atoms. The Balaban J connectivity index is 1.56. The van der Waals surface area contributed by atoms with Crippen LogP contribution in [0.25, 0.3) is 0 Å². The molecular formula is C18H26N2O3. The lowest BCUT2D eigenvalue weighted by molar-refractivity contribution is -0.130. The van der Waals surface area contributed by atoms with Gasteiger partial charge >= 0.3 is 0 Å². The molecule has 1 aromatic rings. The molecule has 0 aromatic heterocycles. The Kier molecular flexibility index (Phi) is 5.51. The standard InChI is InChI=1S/C18H26N2O3/c1-15(21)19-9-7-16(8-10-19)20-11-12-22-14-18(13-20)23-17-5-3-2-4-6-17/h2-6,16,18H,7-14H2,1H3/t18-/m1/s1. The van der Waals surface area contributed by atoms with E-state index >= 15 is 0 Å². The molecule has 0 bridgehead atoms. The summed E-state index contributed by atoms with van der Waals surface area (Å²) >= 11 is 0.